The van der Waals surface area contributed by atoms with Crippen LogP contribution in [0.4, 0.5) is 10.5 Å². The van der Waals surface area contributed by atoms with Gasteiger partial charge in [0.05, 0.1) is 13.2 Å². The second-order valence-corrected chi connectivity index (χ2v) is 10.6. The summed E-state index contributed by atoms with van der Waals surface area (Å²) in [6, 6.07) is 19.3. The van der Waals surface area contributed by atoms with Crippen molar-refractivity contribution in [1.29, 1.82) is 0 Å². The largest absolute Gasteiger partial charge is 0.494 e. The van der Waals surface area contributed by atoms with E-state index in [9.17, 15) is 9.59 Å². The first kappa shape index (κ1) is 26.7. The number of thiophene rings is 1. The minimum Gasteiger partial charge on any atom is -0.494 e. The third-order valence-corrected chi connectivity index (χ3v) is 7.88. The number of ether oxygens (including phenoxy) is 1. The zero-order valence-electron chi connectivity index (χ0n) is 21.8. The van der Waals surface area contributed by atoms with Gasteiger partial charge in [0.15, 0.2) is 0 Å². The molecule has 2 aromatic carbocycles. The molecule has 1 fully saturated rings. The van der Waals surface area contributed by atoms with Gasteiger partial charge >= 0.3 is 6.03 Å². The van der Waals surface area contributed by atoms with Gasteiger partial charge in [0, 0.05) is 23.2 Å². The third-order valence-electron chi connectivity index (χ3n) is 6.87. The molecule has 7 heteroatoms. The lowest BCUT2D eigenvalue weighted by Gasteiger charge is -2.35. The number of carbonyl (C=O) groups is 2. The van der Waals surface area contributed by atoms with Crippen molar-refractivity contribution in [3.05, 3.63) is 82.0 Å². The Bertz CT molecular complexity index is 1140. The van der Waals surface area contributed by atoms with E-state index in [1.807, 2.05) is 66.4 Å². The molecule has 0 radical (unpaired) electrons. The first-order valence-electron chi connectivity index (χ1n) is 13.2. The molecule has 37 heavy (non-hydrogen) atoms. The molecule has 0 aliphatic heterocycles. The predicted octanol–water partition coefficient (Wildman–Crippen LogP) is 6.85. The lowest BCUT2D eigenvalue weighted by Crippen LogP contribution is -2.49. The number of carbonyl (C=O) groups excluding carboxylic acids is 2. The number of amides is 3. The summed E-state index contributed by atoms with van der Waals surface area (Å²) >= 11 is 1.67. The van der Waals surface area contributed by atoms with E-state index >= 15 is 0 Å². The summed E-state index contributed by atoms with van der Waals surface area (Å²) in [5.74, 6) is 0.726. The Morgan fingerprint density at radius 2 is 1.70 bits per heavy atom. The highest BCUT2D eigenvalue weighted by Gasteiger charge is 2.29. The standard InChI is InChI=1S/C30H37N3O3S/c1-3-36-27-16-14-25(15-17-27)31-30(35)33(26-12-8-5-9-13-26)22-29(34)32(20-24-10-6-4-7-11-24)21-28-23(2)18-19-37-28/h4,6-7,10-11,14-19,26H,3,5,8-9,12-13,20-22H2,1-2H3,(H,31,35). The molecule has 4 rings (SSSR count). The molecule has 1 aliphatic carbocycles. The van der Waals surface area contributed by atoms with E-state index in [0.717, 1.165) is 37.0 Å². The summed E-state index contributed by atoms with van der Waals surface area (Å²) in [6.07, 6.45) is 5.18. The van der Waals surface area contributed by atoms with Gasteiger partial charge in [-0.2, -0.15) is 0 Å². The molecule has 1 N–H and O–H groups in total. The Kier molecular flexibility index (Phi) is 9.60. The Labute approximate surface area is 224 Å². The van der Waals surface area contributed by atoms with Crippen molar-refractivity contribution in [2.24, 2.45) is 0 Å². The van der Waals surface area contributed by atoms with Crippen LogP contribution in [-0.4, -0.2) is 40.9 Å². The molecule has 1 heterocycles. The van der Waals surface area contributed by atoms with Gasteiger partial charge in [-0.15, -0.1) is 11.3 Å². The molecule has 1 aromatic heterocycles. The maximum atomic E-state index is 13.8. The number of urea groups is 1. The van der Waals surface area contributed by atoms with Gasteiger partial charge < -0.3 is 19.9 Å². The first-order valence-corrected chi connectivity index (χ1v) is 14.1. The Morgan fingerprint density at radius 1 is 0.973 bits per heavy atom. The number of anilines is 1. The van der Waals surface area contributed by atoms with Crippen LogP contribution < -0.4 is 10.1 Å². The van der Waals surface area contributed by atoms with E-state index in [1.165, 1.54) is 16.9 Å². The molecule has 3 amide bonds. The molecule has 1 saturated carbocycles. The highest BCUT2D eigenvalue weighted by atomic mass is 32.1. The summed E-state index contributed by atoms with van der Waals surface area (Å²) in [5.41, 5.74) is 2.96. The van der Waals surface area contributed by atoms with Crippen LogP contribution >= 0.6 is 11.3 Å². The average molecular weight is 520 g/mol. The van der Waals surface area contributed by atoms with Gasteiger partial charge in [0.1, 0.15) is 12.3 Å². The summed E-state index contributed by atoms with van der Waals surface area (Å²) in [6.45, 7) is 5.72. The summed E-state index contributed by atoms with van der Waals surface area (Å²) in [7, 11) is 0. The molecular formula is C30H37N3O3S. The van der Waals surface area contributed by atoms with Crippen LogP contribution in [0, 0.1) is 6.92 Å². The molecule has 6 nitrogen and oxygen atoms in total. The molecule has 0 saturated heterocycles. The van der Waals surface area contributed by atoms with Gasteiger partial charge in [-0.25, -0.2) is 4.79 Å². The van der Waals surface area contributed by atoms with E-state index in [2.05, 4.69) is 23.7 Å². The minimum absolute atomic E-state index is 0.0379. The predicted molar refractivity (Wildman–Crippen MR) is 150 cm³/mol. The number of nitrogens with one attached hydrogen (secondary N) is 1. The van der Waals surface area contributed by atoms with E-state index in [-0.39, 0.29) is 24.5 Å². The van der Waals surface area contributed by atoms with Crippen molar-refractivity contribution >= 4 is 29.0 Å². The number of hydrogen-bond acceptors (Lipinski definition) is 4. The minimum atomic E-state index is -0.226. The van der Waals surface area contributed by atoms with Gasteiger partial charge in [0.2, 0.25) is 5.91 Å². The van der Waals surface area contributed by atoms with Crippen LogP contribution in [0.3, 0.4) is 0 Å². The zero-order valence-corrected chi connectivity index (χ0v) is 22.6. The summed E-state index contributed by atoms with van der Waals surface area (Å²) in [5, 5.41) is 5.08. The smallest absolute Gasteiger partial charge is 0.322 e. The van der Waals surface area contributed by atoms with Crippen LogP contribution in [0.2, 0.25) is 0 Å². The van der Waals surface area contributed by atoms with Crippen LogP contribution in [0.1, 0.15) is 55.0 Å². The van der Waals surface area contributed by atoms with Crippen molar-refractivity contribution in [1.82, 2.24) is 9.80 Å². The van der Waals surface area contributed by atoms with Crippen molar-refractivity contribution in [2.45, 2.75) is 65.1 Å². The summed E-state index contributed by atoms with van der Waals surface area (Å²) in [4.78, 5) is 32.1. The third kappa shape index (κ3) is 7.59. The average Bonchev–Trinajstić information content (AvgIpc) is 3.33. The number of rotatable bonds is 10. The topological polar surface area (TPSA) is 61.9 Å². The quantitative estimate of drug-likeness (QED) is 0.319. The van der Waals surface area contributed by atoms with Gasteiger partial charge in [0.25, 0.3) is 0 Å². The second-order valence-electron chi connectivity index (χ2n) is 9.57. The first-order chi connectivity index (χ1) is 18.0. The molecular weight excluding hydrogens is 482 g/mol. The van der Waals surface area contributed by atoms with Crippen molar-refractivity contribution < 1.29 is 14.3 Å². The molecule has 0 spiro atoms. The fraction of sp³-hybridized carbons (Fsp3) is 0.400. The second kappa shape index (κ2) is 13.3. The van der Waals surface area contributed by atoms with Crippen LogP contribution in [-0.2, 0) is 17.9 Å². The van der Waals surface area contributed by atoms with Crippen LogP contribution in [0.5, 0.6) is 5.75 Å². The number of benzene rings is 2. The normalized spacial score (nSPS) is 13.7. The maximum absolute atomic E-state index is 13.8. The molecule has 196 valence electrons. The highest BCUT2D eigenvalue weighted by molar-refractivity contribution is 7.10. The van der Waals surface area contributed by atoms with E-state index in [0.29, 0.717) is 25.4 Å². The summed E-state index contributed by atoms with van der Waals surface area (Å²) < 4.78 is 5.52. The fourth-order valence-corrected chi connectivity index (χ4v) is 5.70. The van der Waals surface area contributed by atoms with Crippen LogP contribution in [0.15, 0.2) is 66.0 Å². The van der Waals surface area contributed by atoms with Gasteiger partial charge in [-0.1, -0.05) is 49.6 Å². The van der Waals surface area contributed by atoms with E-state index in [4.69, 9.17) is 4.74 Å². The SMILES string of the molecule is CCOc1ccc(NC(=O)N(CC(=O)N(Cc2ccccc2)Cc2sccc2C)C2CCCCC2)cc1. The fourth-order valence-electron chi connectivity index (χ4n) is 4.78. The van der Waals surface area contributed by atoms with Crippen LogP contribution in [0.25, 0.3) is 0 Å². The van der Waals surface area contributed by atoms with Crippen molar-refractivity contribution in [3.63, 3.8) is 0 Å². The lowest BCUT2D eigenvalue weighted by molar-refractivity contribution is -0.133. The van der Waals surface area contributed by atoms with Crippen molar-refractivity contribution in [3.8, 4) is 5.75 Å². The lowest BCUT2D eigenvalue weighted by atomic mass is 9.94. The Balaban J connectivity index is 1.52. The number of aryl methyl sites for hydroxylation is 1. The number of hydrogen-bond donors (Lipinski definition) is 1. The zero-order chi connectivity index (χ0) is 26.0. The monoisotopic (exact) mass is 519 g/mol. The maximum Gasteiger partial charge on any atom is 0.322 e. The Hall–Kier alpha value is -3.32. The number of nitrogens with zero attached hydrogens (tertiary/aromatic N) is 2. The van der Waals surface area contributed by atoms with E-state index in [1.54, 1.807) is 16.2 Å². The highest BCUT2D eigenvalue weighted by Crippen LogP contribution is 2.25. The van der Waals surface area contributed by atoms with Crippen molar-refractivity contribution in [2.75, 3.05) is 18.5 Å². The van der Waals surface area contributed by atoms with Gasteiger partial charge in [-0.05, 0) is 73.5 Å². The molecule has 3 aromatic rings. The van der Waals surface area contributed by atoms with Gasteiger partial charge in [-0.3, -0.25) is 4.79 Å². The molecule has 0 bridgehead atoms. The Morgan fingerprint density at radius 3 is 2.35 bits per heavy atom. The van der Waals surface area contributed by atoms with E-state index < -0.39 is 0 Å². The molecule has 1 aliphatic rings. The molecule has 0 unspecified atom stereocenters. The molecule has 0 atom stereocenters.